The molecule has 2 N–H and O–H groups in total. The van der Waals surface area contributed by atoms with E-state index in [1.54, 1.807) is 17.7 Å². The Balaban J connectivity index is 2.54. The molecule has 0 saturated heterocycles. The van der Waals surface area contributed by atoms with Crippen LogP contribution in [0, 0.1) is 5.82 Å². The molecule has 0 aliphatic carbocycles. The molecule has 0 aliphatic heterocycles. The molecule has 1 aromatic heterocycles. The van der Waals surface area contributed by atoms with Crippen LogP contribution in [0.2, 0.25) is 0 Å². The molecule has 0 radical (unpaired) electrons. The summed E-state index contributed by atoms with van der Waals surface area (Å²) in [5.74, 6) is 0.942. The first-order chi connectivity index (χ1) is 7.61. The lowest BCUT2D eigenvalue weighted by molar-refractivity contribution is 0.627. The van der Waals surface area contributed by atoms with Gasteiger partial charge in [0.25, 0.3) is 0 Å². The van der Waals surface area contributed by atoms with Gasteiger partial charge >= 0.3 is 0 Å². The Labute approximate surface area is 100 Å². The van der Waals surface area contributed by atoms with Crippen molar-refractivity contribution in [3.8, 4) is 11.4 Å². The smallest absolute Gasteiger partial charge is 0.163 e. The lowest BCUT2D eigenvalue weighted by Gasteiger charge is -2.03. The Morgan fingerprint density at radius 2 is 2.12 bits per heavy atom. The number of hydrogen-bond acceptors (Lipinski definition) is 3. The fourth-order valence-electron chi connectivity index (χ4n) is 1.47. The largest absolute Gasteiger partial charge is 0.324 e. The van der Waals surface area contributed by atoms with Crippen LogP contribution in [0.4, 0.5) is 4.39 Å². The van der Waals surface area contributed by atoms with Crippen molar-refractivity contribution in [2.24, 2.45) is 12.8 Å². The van der Waals surface area contributed by atoms with Gasteiger partial charge in [-0.15, -0.1) is 10.2 Å². The van der Waals surface area contributed by atoms with Crippen LogP contribution in [0.1, 0.15) is 5.82 Å². The zero-order valence-electron chi connectivity index (χ0n) is 8.61. The van der Waals surface area contributed by atoms with E-state index in [1.807, 2.05) is 0 Å². The third-order valence-corrected chi connectivity index (χ3v) is 2.73. The van der Waals surface area contributed by atoms with Crippen molar-refractivity contribution in [1.29, 1.82) is 0 Å². The molecular weight excluding hydrogens is 275 g/mol. The lowest BCUT2D eigenvalue weighted by atomic mass is 10.2. The summed E-state index contributed by atoms with van der Waals surface area (Å²) in [6, 6.07) is 4.59. The SMILES string of the molecule is Cn1c(CN)nnc1-c1cc(F)cc(Br)c1. The summed E-state index contributed by atoms with van der Waals surface area (Å²) in [5.41, 5.74) is 6.16. The standard InChI is InChI=1S/C10H10BrFN4/c1-16-9(5-13)14-15-10(16)6-2-7(11)4-8(12)3-6/h2-4H,5,13H2,1H3. The Kier molecular flexibility index (Phi) is 3.02. The minimum Gasteiger partial charge on any atom is -0.324 e. The summed E-state index contributed by atoms with van der Waals surface area (Å²) in [5, 5.41) is 7.90. The van der Waals surface area contributed by atoms with Crippen LogP contribution >= 0.6 is 15.9 Å². The van der Waals surface area contributed by atoms with Crippen molar-refractivity contribution in [1.82, 2.24) is 14.8 Å². The van der Waals surface area contributed by atoms with E-state index in [-0.39, 0.29) is 5.82 Å². The lowest BCUT2D eigenvalue weighted by Crippen LogP contribution is -2.05. The maximum atomic E-state index is 13.2. The van der Waals surface area contributed by atoms with E-state index in [0.29, 0.717) is 28.2 Å². The second kappa shape index (κ2) is 4.31. The number of hydrogen-bond donors (Lipinski definition) is 1. The second-order valence-corrected chi connectivity index (χ2v) is 4.28. The number of halogens is 2. The van der Waals surface area contributed by atoms with Crippen LogP contribution in [0.5, 0.6) is 0 Å². The summed E-state index contributed by atoms with van der Waals surface area (Å²) < 4.78 is 15.6. The summed E-state index contributed by atoms with van der Waals surface area (Å²) in [4.78, 5) is 0. The zero-order valence-corrected chi connectivity index (χ0v) is 10.2. The average molecular weight is 285 g/mol. The number of aromatic nitrogens is 3. The molecule has 0 unspecified atom stereocenters. The molecule has 0 fully saturated rings. The summed E-state index contributed by atoms with van der Waals surface area (Å²) in [7, 11) is 1.80. The molecule has 1 heterocycles. The van der Waals surface area contributed by atoms with Crippen LogP contribution in [0.15, 0.2) is 22.7 Å². The fraction of sp³-hybridized carbons (Fsp3) is 0.200. The molecule has 16 heavy (non-hydrogen) atoms. The zero-order chi connectivity index (χ0) is 11.7. The summed E-state index contributed by atoms with van der Waals surface area (Å²) >= 11 is 3.24. The van der Waals surface area contributed by atoms with E-state index < -0.39 is 0 Å². The average Bonchev–Trinajstić information content (AvgIpc) is 2.58. The predicted molar refractivity (Wildman–Crippen MR) is 62.0 cm³/mol. The van der Waals surface area contributed by atoms with E-state index in [0.717, 1.165) is 0 Å². The van der Waals surface area contributed by atoms with Crippen molar-refractivity contribution in [3.05, 3.63) is 34.3 Å². The van der Waals surface area contributed by atoms with Gasteiger partial charge in [0.1, 0.15) is 11.6 Å². The van der Waals surface area contributed by atoms with Gasteiger partial charge < -0.3 is 10.3 Å². The topological polar surface area (TPSA) is 56.7 Å². The van der Waals surface area contributed by atoms with Gasteiger partial charge in [0, 0.05) is 17.1 Å². The van der Waals surface area contributed by atoms with Crippen molar-refractivity contribution in [3.63, 3.8) is 0 Å². The Hall–Kier alpha value is -1.27. The van der Waals surface area contributed by atoms with Gasteiger partial charge in [0.05, 0.1) is 6.54 Å². The fourth-order valence-corrected chi connectivity index (χ4v) is 1.94. The van der Waals surface area contributed by atoms with E-state index in [2.05, 4.69) is 26.1 Å². The monoisotopic (exact) mass is 284 g/mol. The third kappa shape index (κ3) is 1.98. The highest BCUT2D eigenvalue weighted by molar-refractivity contribution is 9.10. The van der Waals surface area contributed by atoms with E-state index in [1.165, 1.54) is 12.1 Å². The molecule has 0 aliphatic rings. The first kappa shape index (κ1) is 11.2. The van der Waals surface area contributed by atoms with Crippen molar-refractivity contribution >= 4 is 15.9 Å². The molecule has 1 aromatic carbocycles. The number of benzene rings is 1. The highest BCUT2D eigenvalue weighted by atomic mass is 79.9. The highest BCUT2D eigenvalue weighted by Crippen LogP contribution is 2.23. The molecule has 0 amide bonds. The molecule has 0 spiro atoms. The molecule has 6 heteroatoms. The minimum absolute atomic E-state index is 0.306. The van der Waals surface area contributed by atoms with Crippen molar-refractivity contribution in [2.75, 3.05) is 0 Å². The molecule has 0 saturated carbocycles. The first-order valence-corrected chi connectivity index (χ1v) is 5.46. The van der Waals surface area contributed by atoms with Crippen LogP contribution in [-0.2, 0) is 13.6 Å². The van der Waals surface area contributed by atoms with Crippen LogP contribution in [0.25, 0.3) is 11.4 Å². The molecule has 84 valence electrons. The summed E-state index contributed by atoms with van der Waals surface area (Å²) in [6.45, 7) is 0.306. The molecule has 0 atom stereocenters. The molecular formula is C10H10BrFN4. The van der Waals surface area contributed by atoms with Gasteiger partial charge in [-0.05, 0) is 18.2 Å². The van der Waals surface area contributed by atoms with Gasteiger partial charge in [-0.25, -0.2) is 4.39 Å². The van der Waals surface area contributed by atoms with Crippen molar-refractivity contribution < 1.29 is 4.39 Å². The summed E-state index contributed by atoms with van der Waals surface area (Å²) in [6.07, 6.45) is 0. The van der Waals surface area contributed by atoms with Gasteiger partial charge in [0.15, 0.2) is 5.82 Å². The Morgan fingerprint density at radius 1 is 1.38 bits per heavy atom. The molecule has 4 nitrogen and oxygen atoms in total. The minimum atomic E-state index is -0.318. The van der Waals surface area contributed by atoms with E-state index in [4.69, 9.17) is 5.73 Å². The van der Waals surface area contributed by atoms with Gasteiger partial charge in [0.2, 0.25) is 0 Å². The Morgan fingerprint density at radius 3 is 2.69 bits per heavy atom. The number of nitrogens with zero attached hydrogens (tertiary/aromatic N) is 3. The quantitative estimate of drug-likeness (QED) is 0.916. The van der Waals surface area contributed by atoms with E-state index >= 15 is 0 Å². The van der Waals surface area contributed by atoms with Crippen LogP contribution < -0.4 is 5.73 Å². The highest BCUT2D eigenvalue weighted by Gasteiger charge is 2.10. The normalized spacial score (nSPS) is 10.8. The molecule has 0 bridgehead atoms. The second-order valence-electron chi connectivity index (χ2n) is 3.36. The number of nitrogens with two attached hydrogens (primary N) is 1. The van der Waals surface area contributed by atoms with Crippen LogP contribution in [-0.4, -0.2) is 14.8 Å². The van der Waals surface area contributed by atoms with Gasteiger partial charge in [-0.3, -0.25) is 0 Å². The van der Waals surface area contributed by atoms with Crippen molar-refractivity contribution in [2.45, 2.75) is 6.54 Å². The van der Waals surface area contributed by atoms with Gasteiger partial charge in [-0.2, -0.15) is 0 Å². The first-order valence-electron chi connectivity index (χ1n) is 4.66. The predicted octanol–water partition coefficient (Wildman–Crippen LogP) is 1.84. The maximum Gasteiger partial charge on any atom is 0.163 e. The molecule has 2 aromatic rings. The van der Waals surface area contributed by atoms with Crippen LogP contribution in [0.3, 0.4) is 0 Å². The van der Waals surface area contributed by atoms with Gasteiger partial charge in [-0.1, -0.05) is 15.9 Å². The third-order valence-electron chi connectivity index (χ3n) is 2.27. The number of rotatable bonds is 2. The Bertz CT molecular complexity index is 503. The molecule has 2 rings (SSSR count). The maximum absolute atomic E-state index is 13.2. The van der Waals surface area contributed by atoms with E-state index in [9.17, 15) is 4.39 Å².